The van der Waals surface area contributed by atoms with Crippen LogP contribution in [0.1, 0.15) is 29.3 Å². The Hall–Kier alpha value is -2.95. The zero-order chi connectivity index (χ0) is 18.5. The molecule has 0 fully saturated rings. The van der Waals surface area contributed by atoms with Crippen LogP contribution >= 0.6 is 0 Å². The standard InChI is InChI=1S/C21H23FN4/c1-4-16-10-7-8-14(2)20(16)25-19-12-15(3)24-21(26-19)23-13-17-9-5-6-11-18(17)22/h5-12H,4,13H2,1-3H3,(H2,23,24,25,26). The van der Waals surface area contributed by atoms with Gasteiger partial charge in [0, 0.05) is 29.6 Å². The monoisotopic (exact) mass is 350 g/mol. The number of hydrogen-bond donors (Lipinski definition) is 2. The smallest absolute Gasteiger partial charge is 0.225 e. The van der Waals surface area contributed by atoms with Crippen LogP contribution in [-0.4, -0.2) is 9.97 Å². The van der Waals surface area contributed by atoms with Crippen molar-refractivity contribution in [2.24, 2.45) is 0 Å². The molecule has 5 heteroatoms. The van der Waals surface area contributed by atoms with E-state index < -0.39 is 0 Å². The Morgan fingerprint density at radius 2 is 1.73 bits per heavy atom. The number of rotatable bonds is 6. The van der Waals surface area contributed by atoms with Gasteiger partial charge in [0.1, 0.15) is 11.6 Å². The highest BCUT2D eigenvalue weighted by Gasteiger charge is 2.08. The van der Waals surface area contributed by atoms with E-state index in [1.54, 1.807) is 12.1 Å². The summed E-state index contributed by atoms with van der Waals surface area (Å²) in [6.07, 6.45) is 0.937. The molecular formula is C21H23FN4. The predicted molar refractivity (Wildman–Crippen MR) is 104 cm³/mol. The molecule has 0 aliphatic rings. The van der Waals surface area contributed by atoms with Crippen molar-refractivity contribution in [3.63, 3.8) is 0 Å². The minimum atomic E-state index is -0.238. The third kappa shape index (κ3) is 4.17. The number of aryl methyl sites for hydroxylation is 3. The number of hydrogen-bond acceptors (Lipinski definition) is 4. The molecule has 0 spiro atoms. The lowest BCUT2D eigenvalue weighted by Crippen LogP contribution is -2.08. The molecule has 0 unspecified atom stereocenters. The molecule has 134 valence electrons. The Morgan fingerprint density at radius 1 is 0.962 bits per heavy atom. The molecule has 26 heavy (non-hydrogen) atoms. The molecule has 3 aromatic rings. The Labute approximate surface area is 153 Å². The molecule has 0 saturated carbocycles. The van der Waals surface area contributed by atoms with Crippen LogP contribution in [0.2, 0.25) is 0 Å². The minimum absolute atomic E-state index is 0.238. The first kappa shape index (κ1) is 17.9. The summed E-state index contributed by atoms with van der Waals surface area (Å²) in [6.45, 7) is 6.46. The fraction of sp³-hybridized carbons (Fsp3) is 0.238. The maximum atomic E-state index is 13.8. The van der Waals surface area contributed by atoms with Crippen LogP contribution in [0.4, 0.5) is 21.8 Å². The lowest BCUT2D eigenvalue weighted by atomic mass is 10.1. The Bertz CT molecular complexity index is 908. The maximum absolute atomic E-state index is 13.8. The van der Waals surface area contributed by atoms with Gasteiger partial charge >= 0.3 is 0 Å². The van der Waals surface area contributed by atoms with Crippen LogP contribution in [0.15, 0.2) is 48.5 Å². The fourth-order valence-electron chi connectivity index (χ4n) is 2.86. The first-order valence-electron chi connectivity index (χ1n) is 8.75. The molecule has 0 aliphatic heterocycles. The zero-order valence-corrected chi connectivity index (χ0v) is 15.3. The van der Waals surface area contributed by atoms with Crippen LogP contribution in [0, 0.1) is 19.7 Å². The van der Waals surface area contributed by atoms with E-state index in [-0.39, 0.29) is 5.82 Å². The number of benzene rings is 2. The van der Waals surface area contributed by atoms with Gasteiger partial charge in [-0.05, 0) is 37.5 Å². The zero-order valence-electron chi connectivity index (χ0n) is 15.3. The third-order valence-corrected chi connectivity index (χ3v) is 4.24. The molecular weight excluding hydrogens is 327 g/mol. The van der Waals surface area contributed by atoms with Crippen molar-refractivity contribution < 1.29 is 4.39 Å². The average molecular weight is 350 g/mol. The van der Waals surface area contributed by atoms with Gasteiger partial charge in [0.05, 0.1) is 0 Å². The number of aromatic nitrogens is 2. The number of nitrogens with one attached hydrogen (secondary N) is 2. The second kappa shape index (κ2) is 7.95. The van der Waals surface area contributed by atoms with Gasteiger partial charge in [0.25, 0.3) is 0 Å². The molecule has 0 bridgehead atoms. The van der Waals surface area contributed by atoms with Gasteiger partial charge in [-0.1, -0.05) is 43.3 Å². The second-order valence-corrected chi connectivity index (χ2v) is 6.25. The lowest BCUT2D eigenvalue weighted by molar-refractivity contribution is 0.612. The van der Waals surface area contributed by atoms with Crippen molar-refractivity contribution in [3.8, 4) is 0 Å². The molecule has 0 aliphatic carbocycles. The molecule has 3 rings (SSSR count). The van der Waals surface area contributed by atoms with Crippen molar-refractivity contribution in [2.45, 2.75) is 33.7 Å². The van der Waals surface area contributed by atoms with E-state index in [1.165, 1.54) is 17.2 Å². The van der Waals surface area contributed by atoms with Gasteiger partial charge in [-0.15, -0.1) is 0 Å². The summed E-state index contributed by atoms with van der Waals surface area (Å²) in [5, 5.41) is 6.53. The van der Waals surface area contributed by atoms with Crippen molar-refractivity contribution >= 4 is 17.5 Å². The number of halogens is 1. The molecule has 1 aromatic heterocycles. The maximum Gasteiger partial charge on any atom is 0.225 e. The summed E-state index contributed by atoms with van der Waals surface area (Å²) in [7, 11) is 0. The van der Waals surface area contributed by atoms with E-state index in [0.29, 0.717) is 18.1 Å². The predicted octanol–water partition coefficient (Wildman–Crippen LogP) is 5.15. The normalized spacial score (nSPS) is 10.6. The summed E-state index contributed by atoms with van der Waals surface area (Å²) in [4.78, 5) is 8.93. The first-order valence-corrected chi connectivity index (χ1v) is 8.75. The second-order valence-electron chi connectivity index (χ2n) is 6.25. The fourth-order valence-corrected chi connectivity index (χ4v) is 2.86. The van der Waals surface area contributed by atoms with E-state index in [0.717, 1.165) is 23.6 Å². The molecule has 2 N–H and O–H groups in total. The summed E-state index contributed by atoms with van der Waals surface area (Å²) < 4.78 is 13.8. The number of anilines is 3. The van der Waals surface area contributed by atoms with Crippen LogP contribution in [0.25, 0.3) is 0 Å². The van der Waals surface area contributed by atoms with Crippen LogP contribution in [0.5, 0.6) is 0 Å². The third-order valence-electron chi connectivity index (χ3n) is 4.24. The van der Waals surface area contributed by atoms with Crippen LogP contribution in [-0.2, 0) is 13.0 Å². The van der Waals surface area contributed by atoms with Gasteiger partial charge in [-0.3, -0.25) is 0 Å². The molecule has 2 aromatic carbocycles. The summed E-state index contributed by atoms with van der Waals surface area (Å²) >= 11 is 0. The van der Waals surface area contributed by atoms with Crippen LogP contribution < -0.4 is 10.6 Å². The number of nitrogens with zero attached hydrogens (tertiary/aromatic N) is 2. The van der Waals surface area contributed by atoms with Gasteiger partial charge in [0.2, 0.25) is 5.95 Å². The van der Waals surface area contributed by atoms with E-state index in [4.69, 9.17) is 0 Å². The minimum Gasteiger partial charge on any atom is -0.350 e. The van der Waals surface area contributed by atoms with Crippen molar-refractivity contribution in [3.05, 3.63) is 76.7 Å². The Morgan fingerprint density at radius 3 is 2.50 bits per heavy atom. The number of para-hydroxylation sites is 1. The van der Waals surface area contributed by atoms with Crippen molar-refractivity contribution in [2.75, 3.05) is 10.6 Å². The highest BCUT2D eigenvalue weighted by atomic mass is 19.1. The average Bonchev–Trinajstić information content (AvgIpc) is 2.62. The lowest BCUT2D eigenvalue weighted by Gasteiger charge is -2.15. The quantitative estimate of drug-likeness (QED) is 0.645. The molecule has 1 heterocycles. The van der Waals surface area contributed by atoms with Gasteiger partial charge in [-0.25, -0.2) is 9.37 Å². The first-order chi connectivity index (χ1) is 12.6. The molecule has 0 amide bonds. The molecule has 4 nitrogen and oxygen atoms in total. The van der Waals surface area contributed by atoms with Crippen LogP contribution in [0.3, 0.4) is 0 Å². The van der Waals surface area contributed by atoms with Gasteiger partial charge in [0.15, 0.2) is 0 Å². The summed E-state index contributed by atoms with van der Waals surface area (Å²) in [6, 6.07) is 14.8. The topological polar surface area (TPSA) is 49.8 Å². The Balaban J connectivity index is 1.81. The SMILES string of the molecule is CCc1cccc(C)c1Nc1cc(C)nc(NCc2ccccc2F)n1. The van der Waals surface area contributed by atoms with Gasteiger partial charge < -0.3 is 10.6 Å². The highest BCUT2D eigenvalue weighted by Crippen LogP contribution is 2.25. The van der Waals surface area contributed by atoms with Crippen molar-refractivity contribution in [1.29, 1.82) is 0 Å². The molecule has 0 saturated heterocycles. The summed E-state index contributed by atoms with van der Waals surface area (Å²) in [5.41, 5.74) is 4.90. The van der Waals surface area contributed by atoms with Crippen molar-refractivity contribution in [1.82, 2.24) is 9.97 Å². The Kier molecular flexibility index (Phi) is 5.46. The van der Waals surface area contributed by atoms with Gasteiger partial charge in [-0.2, -0.15) is 4.98 Å². The molecule has 0 radical (unpaired) electrons. The largest absolute Gasteiger partial charge is 0.350 e. The van der Waals surface area contributed by atoms with E-state index >= 15 is 0 Å². The van der Waals surface area contributed by atoms with E-state index in [1.807, 2.05) is 19.1 Å². The highest BCUT2D eigenvalue weighted by molar-refractivity contribution is 5.65. The van der Waals surface area contributed by atoms with E-state index in [2.05, 4.69) is 52.6 Å². The molecule has 0 atom stereocenters. The summed E-state index contributed by atoms with van der Waals surface area (Å²) in [5.74, 6) is 0.957. The van der Waals surface area contributed by atoms with E-state index in [9.17, 15) is 4.39 Å².